The third kappa shape index (κ3) is 4.44. The molecule has 0 saturated carbocycles. The van der Waals surface area contributed by atoms with Gasteiger partial charge in [0.05, 0.1) is 5.75 Å². The molecule has 0 atom stereocenters. The number of benzene rings is 1. The molecule has 1 aromatic rings. The number of hydrogen-bond acceptors (Lipinski definition) is 4. The summed E-state index contributed by atoms with van der Waals surface area (Å²) in [5, 5.41) is 2.39. The van der Waals surface area contributed by atoms with Crippen LogP contribution < -0.4 is 5.32 Å². The number of imide groups is 1. The summed E-state index contributed by atoms with van der Waals surface area (Å²) >= 11 is 4.38. The number of halogens is 1. The van der Waals surface area contributed by atoms with Crippen LogP contribution in [0.3, 0.4) is 0 Å². The Balaban J connectivity index is 1.79. The molecule has 7 heteroatoms. The minimum Gasteiger partial charge on any atom is -0.351 e. The summed E-state index contributed by atoms with van der Waals surface area (Å²) in [6.45, 7) is 0.455. The van der Waals surface area contributed by atoms with Crippen LogP contribution in [0.15, 0.2) is 34.8 Å². The van der Waals surface area contributed by atoms with Gasteiger partial charge >= 0.3 is 0 Å². The number of carbonyl (C=O) groups excluding carboxylic acids is 3. The van der Waals surface area contributed by atoms with Crippen LogP contribution in [0.25, 0.3) is 6.08 Å². The first-order chi connectivity index (χ1) is 10.1. The standard InChI is InChI=1S/C14H13BrN2O3S/c15-11-4-2-1-3-10(11)5-6-12(18)16-7-8-17-13(19)9-21-14(17)20/h1-6H,7-9H2,(H,16,18)/b6-5+. The first-order valence-corrected chi connectivity index (χ1v) is 8.03. The molecular weight excluding hydrogens is 356 g/mol. The summed E-state index contributed by atoms with van der Waals surface area (Å²) in [5.74, 6) is -0.283. The highest BCUT2D eigenvalue weighted by Gasteiger charge is 2.29. The van der Waals surface area contributed by atoms with Crippen LogP contribution in [0.4, 0.5) is 4.79 Å². The second kappa shape index (κ2) is 7.42. The van der Waals surface area contributed by atoms with Crippen LogP contribution in [-0.2, 0) is 9.59 Å². The van der Waals surface area contributed by atoms with Crippen LogP contribution in [0.1, 0.15) is 5.56 Å². The summed E-state index contributed by atoms with van der Waals surface area (Å²) in [6.07, 6.45) is 3.11. The van der Waals surface area contributed by atoms with Gasteiger partial charge in [-0.05, 0) is 17.7 Å². The van der Waals surface area contributed by atoms with E-state index in [0.29, 0.717) is 0 Å². The minimum atomic E-state index is -0.266. The first kappa shape index (κ1) is 15.8. The number of thioether (sulfide) groups is 1. The first-order valence-electron chi connectivity index (χ1n) is 6.25. The van der Waals surface area contributed by atoms with Gasteiger partial charge in [-0.3, -0.25) is 19.3 Å². The van der Waals surface area contributed by atoms with Gasteiger partial charge in [0.2, 0.25) is 11.8 Å². The molecule has 2 rings (SSSR count). The number of nitrogens with one attached hydrogen (secondary N) is 1. The molecule has 1 aromatic carbocycles. The highest BCUT2D eigenvalue weighted by molar-refractivity contribution is 9.10. The second-order valence-corrected chi connectivity index (χ2v) is 6.03. The van der Waals surface area contributed by atoms with E-state index in [1.807, 2.05) is 24.3 Å². The number of carbonyl (C=O) groups is 3. The Hall–Kier alpha value is -1.60. The average molecular weight is 369 g/mol. The van der Waals surface area contributed by atoms with Crippen molar-refractivity contribution < 1.29 is 14.4 Å². The van der Waals surface area contributed by atoms with Gasteiger partial charge < -0.3 is 5.32 Å². The van der Waals surface area contributed by atoms with Crippen LogP contribution in [-0.4, -0.2) is 40.8 Å². The second-order valence-electron chi connectivity index (χ2n) is 4.25. The van der Waals surface area contributed by atoms with Crippen molar-refractivity contribution in [2.45, 2.75) is 0 Å². The molecule has 0 aliphatic carbocycles. The Morgan fingerprint density at radius 1 is 1.38 bits per heavy atom. The zero-order valence-corrected chi connectivity index (χ0v) is 13.4. The van der Waals surface area contributed by atoms with E-state index in [4.69, 9.17) is 0 Å². The smallest absolute Gasteiger partial charge is 0.288 e. The Bertz CT molecular complexity index is 588. The van der Waals surface area contributed by atoms with Gasteiger partial charge in [0.25, 0.3) is 5.24 Å². The SMILES string of the molecule is O=C(/C=C/c1ccccc1Br)NCCN1C(=O)CSC1=O. The Morgan fingerprint density at radius 2 is 2.14 bits per heavy atom. The highest BCUT2D eigenvalue weighted by atomic mass is 79.9. The lowest BCUT2D eigenvalue weighted by Crippen LogP contribution is -2.37. The molecule has 110 valence electrons. The quantitative estimate of drug-likeness (QED) is 0.809. The van der Waals surface area contributed by atoms with Crippen LogP contribution in [0.5, 0.6) is 0 Å². The number of hydrogen-bond donors (Lipinski definition) is 1. The van der Waals surface area contributed by atoms with Gasteiger partial charge in [-0.2, -0.15) is 0 Å². The summed E-state index contributed by atoms with van der Waals surface area (Å²) in [4.78, 5) is 35.5. The largest absolute Gasteiger partial charge is 0.351 e. The Morgan fingerprint density at radius 3 is 2.81 bits per heavy atom. The lowest BCUT2D eigenvalue weighted by molar-refractivity contribution is -0.125. The highest BCUT2D eigenvalue weighted by Crippen LogP contribution is 2.18. The van der Waals surface area contributed by atoms with Crippen LogP contribution >= 0.6 is 27.7 Å². The maximum atomic E-state index is 11.7. The molecule has 3 amide bonds. The van der Waals surface area contributed by atoms with Crippen molar-refractivity contribution in [3.63, 3.8) is 0 Å². The lowest BCUT2D eigenvalue weighted by atomic mass is 10.2. The molecule has 1 fully saturated rings. The fraction of sp³-hybridized carbons (Fsp3) is 0.214. The molecule has 1 saturated heterocycles. The molecule has 5 nitrogen and oxygen atoms in total. The maximum Gasteiger partial charge on any atom is 0.288 e. The van der Waals surface area contributed by atoms with Gasteiger partial charge in [-0.15, -0.1) is 0 Å². The van der Waals surface area contributed by atoms with Crippen molar-refractivity contribution in [2.24, 2.45) is 0 Å². The van der Waals surface area contributed by atoms with Gasteiger partial charge in [0, 0.05) is 23.6 Å². The number of nitrogens with zero attached hydrogens (tertiary/aromatic N) is 1. The predicted molar refractivity (Wildman–Crippen MR) is 85.8 cm³/mol. The van der Waals surface area contributed by atoms with E-state index < -0.39 is 0 Å². The molecule has 1 N–H and O–H groups in total. The molecule has 1 heterocycles. The molecular formula is C14H13BrN2O3S. The van der Waals surface area contributed by atoms with Crippen molar-refractivity contribution in [1.82, 2.24) is 10.2 Å². The fourth-order valence-electron chi connectivity index (χ4n) is 1.72. The molecule has 1 aliphatic rings. The molecule has 0 bridgehead atoms. The molecule has 21 heavy (non-hydrogen) atoms. The van der Waals surface area contributed by atoms with Crippen molar-refractivity contribution in [1.29, 1.82) is 0 Å². The van der Waals surface area contributed by atoms with Crippen molar-refractivity contribution >= 4 is 50.8 Å². The molecule has 0 radical (unpaired) electrons. The van der Waals surface area contributed by atoms with Gasteiger partial charge in [0.15, 0.2) is 0 Å². The minimum absolute atomic E-state index is 0.189. The zero-order chi connectivity index (χ0) is 15.2. The van der Waals surface area contributed by atoms with Crippen molar-refractivity contribution in [2.75, 3.05) is 18.8 Å². The average Bonchev–Trinajstić information content (AvgIpc) is 2.78. The third-order valence-corrected chi connectivity index (χ3v) is 4.38. The topological polar surface area (TPSA) is 66.5 Å². The van der Waals surface area contributed by atoms with E-state index in [1.165, 1.54) is 6.08 Å². The number of rotatable bonds is 5. The molecule has 0 spiro atoms. The monoisotopic (exact) mass is 368 g/mol. The van der Waals surface area contributed by atoms with E-state index in [9.17, 15) is 14.4 Å². The van der Waals surface area contributed by atoms with Gasteiger partial charge in [-0.1, -0.05) is 45.9 Å². The number of amides is 3. The molecule has 1 aliphatic heterocycles. The summed E-state index contributed by atoms with van der Waals surface area (Å²) < 4.78 is 0.902. The summed E-state index contributed by atoms with van der Waals surface area (Å²) in [7, 11) is 0. The molecule has 0 aromatic heterocycles. The van der Waals surface area contributed by atoms with Gasteiger partial charge in [-0.25, -0.2) is 0 Å². The van der Waals surface area contributed by atoms with E-state index in [2.05, 4.69) is 21.2 Å². The van der Waals surface area contributed by atoms with E-state index in [0.717, 1.165) is 26.7 Å². The lowest BCUT2D eigenvalue weighted by Gasteiger charge is -2.12. The predicted octanol–water partition coefficient (Wildman–Crippen LogP) is 2.27. The fourth-order valence-corrected chi connectivity index (χ4v) is 2.89. The van der Waals surface area contributed by atoms with Crippen molar-refractivity contribution in [3.8, 4) is 0 Å². The normalized spacial score (nSPS) is 15.0. The van der Waals surface area contributed by atoms with E-state index >= 15 is 0 Å². The third-order valence-electron chi connectivity index (χ3n) is 2.79. The van der Waals surface area contributed by atoms with Crippen LogP contribution in [0, 0.1) is 0 Å². The maximum absolute atomic E-state index is 11.7. The Labute approximate surface area is 134 Å². The Kier molecular flexibility index (Phi) is 5.58. The zero-order valence-electron chi connectivity index (χ0n) is 11.0. The van der Waals surface area contributed by atoms with E-state index in [1.54, 1.807) is 6.08 Å². The van der Waals surface area contributed by atoms with E-state index in [-0.39, 0.29) is 35.9 Å². The van der Waals surface area contributed by atoms with Crippen LogP contribution in [0.2, 0.25) is 0 Å². The summed E-state index contributed by atoms with van der Waals surface area (Å²) in [5.41, 5.74) is 0.897. The summed E-state index contributed by atoms with van der Waals surface area (Å²) in [6, 6.07) is 7.54. The van der Waals surface area contributed by atoms with Gasteiger partial charge in [0.1, 0.15) is 0 Å². The van der Waals surface area contributed by atoms with Crippen molar-refractivity contribution in [3.05, 3.63) is 40.4 Å². The molecule has 0 unspecified atom stereocenters.